The Bertz CT molecular complexity index is 1140. The van der Waals surface area contributed by atoms with Crippen molar-refractivity contribution in [1.82, 2.24) is 10.2 Å². The number of carbonyl (C=O) groups excluding carboxylic acids is 2. The molecule has 12 heteroatoms. The zero-order valence-electron chi connectivity index (χ0n) is 19.5. The van der Waals surface area contributed by atoms with Crippen LogP contribution in [-0.4, -0.2) is 50.5 Å². The maximum absolute atomic E-state index is 13.3. The monoisotopic (exact) mass is 533 g/mol. The molecule has 192 valence electrons. The summed E-state index contributed by atoms with van der Waals surface area (Å²) in [4.78, 5) is 27.1. The first-order valence-corrected chi connectivity index (χ1v) is 12.9. The van der Waals surface area contributed by atoms with Crippen LogP contribution in [-0.2, 0) is 32.3 Å². The molecule has 0 unspecified atom stereocenters. The molecule has 7 nitrogen and oxygen atoms in total. The Hall–Kier alpha value is -2.79. The Morgan fingerprint density at radius 3 is 2.29 bits per heavy atom. The number of benzene rings is 2. The SMILES string of the molecule is CCCNC(=O)[C@H](C)N(Cc1ccc(Cl)cc1)C(=O)CN(c1cccc(C(F)(F)F)c1)S(C)(=O)=O. The number of sulfonamides is 1. The van der Waals surface area contributed by atoms with E-state index in [1.54, 1.807) is 24.3 Å². The van der Waals surface area contributed by atoms with Gasteiger partial charge in [0.2, 0.25) is 21.8 Å². The van der Waals surface area contributed by atoms with Gasteiger partial charge in [0, 0.05) is 18.1 Å². The molecule has 0 spiro atoms. The second-order valence-corrected chi connectivity index (χ2v) is 10.3. The van der Waals surface area contributed by atoms with E-state index in [4.69, 9.17) is 11.6 Å². The lowest BCUT2D eigenvalue weighted by Crippen LogP contribution is -2.51. The van der Waals surface area contributed by atoms with Crippen molar-refractivity contribution in [3.05, 3.63) is 64.7 Å². The molecule has 0 fully saturated rings. The van der Waals surface area contributed by atoms with Gasteiger partial charge in [0.1, 0.15) is 12.6 Å². The van der Waals surface area contributed by atoms with Crippen LogP contribution in [0.3, 0.4) is 0 Å². The molecule has 0 saturated carbocycles. The van der Waals surface area contributed by atoms with E-state index in [1.807, 2.05) is 6.92 Å². The van der Waals surface area contributed by atoms with Crippen molar-refractivity contribution >= 4 is 39.1 Å². The first-order valence-electron chi connectivity index (χ1n) is 10.7. The van der Waals surface area contributed by atoms with E-state index in [2.05, 4.69) is 5.32 Å². The highest BCUT2D eigenvalue weighted by Crippen LogP contribution is 2.32. The molecule has 35 heavy (non-hydrogen) atoms. The molecule has 0 bridgehead atoms. The average molecular weight is 534 g/mol. The van der Waals surface area contributed by atoms with Crippen LogP contribution in [0, 0.1) is 0 Å². The van der Waals surface area contributed by atoms with Crippen molar-refractivity contribution in [3.63, 3.8) is 0 Å². The van der Waals surface area contributed by atoms with Gasteiger partial charge in [0.25, 0.3) is 0 Å². The van der Waals surface area contributed by atoms with Crippen molar-refractivity contribution in [1.29, 1.82) is 0 Å². The summed E-state index contributed by atoms with van der Waals surface area (Å²) < 4.78 is 65.1. The topological polar surface area (TPSA) is 86.8 Å². The van der Waals surface area contributed by atoms with Crippen LogP contribution in [0.15, 0.2) is 48.5 Å². The number of nitrogens with zero attached hydrogens (tertiary/aromatic N) is 2. The standard InChI is InChI=1S/C23H27ClF3N3O4S/c1-4-12-28-22(32)16(2)29(14-17-8-10-19(24)11-9-17)21(31)15-30(35(3,33)34)20-7-5-6-18(13-20)23(25,26)27/h5-11,13,16H,4,12,14-15H2,1-3H3,(H,28,32)/t16-/m0/s1. The van der Waals surface area contributed by atoms with Gasteiger partial charge in [-0.05, 0) is 49.2 Å². The zero-order valence-corrected chi connectivity index (χ0v) is 21.0. The number of hydrogen-bond donors (Lipinski definition) is 1. The number of alkyl halides is 3. The zero-order chi connectivity index (χ0) is 26.4. The van der Waals surface area contributed by atoms with Crippen molar-refractivity contribution in [3.8, 4) is 0 Å². The Balaban J connectivity index is 2.41. The van der Waals surface area contributed by atoms with Crippen LogP contribution in [0.1, 0.15) is 31.4 Å². The smallest absolute Gasteiger partial charge is 0.354 e. The van der Waals surface area contributed by atoms with Gasteiger partial charge in [-0.15, -0.1) is 0 Å². The highest BCUT2D eigenvalue weighted by molar-refractivity contribution is 7.92. The molecule has 0 saturated heterocycles. The van der Waals surface area contributed by atoms with Gasteiger partial charge in [-0.25, -0.2) is 8.42 Å². The number of anilines is 1. The first kappa shape index (κ1) is 28.4. The normalized spacial score (nSPS) is 12.7. The van der Waals surface area contributed by atoms with Gasteiger partial charge < -0.3 is 10.2 Å². The minimum Gasteiger partial charge on any atom is -0.354 e. The summed E-state index contributed by atoms with van der Waals surface area (Å²) in [6.07, 6.45) is -3.24. The molecule has 0 aliphatic heterocycles. The molecule has 0 aromatic heterocycles. The second-order valence-electron chi connectivity index (χ2n) is 7.93. The number of carbonyl (C=O) groups is 2. The van der Waals surface area contributed by atoms with E-state index >= 15 is 0 Å². The highest BCUT2D eigenvalue weighted by atomic mass is 35.5. The van der Waals surface area contributed by atoms with Crippen LogP contribution in [0.2, 0.25) is 5.02 Å². The van der Waals surface area contributed by atoms with Crippen LogP contribution in [0.5, 0.6) is 0 Å². The number of rotatable bonds is 10. The lowest BCUT2D eigenvalue weighted by atomic mass is 10.1. The van der Waals surface area contributed by atoms with Crippen molar-refractivity contribution < 1.29 is 31.2 Å². The van der Waals surface area contributed by atoms with E-state index in [0.717, 1.165) is 18.4 Å². The van der Waals surface area contributed by atoms with Crippen LogP contribution in [0.25, 0.3) is 0 Å². The maximum Gasteiger partial charge on any atom is 0.416 e. The molecule has 2 aromatic carbocycles. The number of amides is 2. The molecule has 2 rings (SSSR count). The lowest BCUT2D eigenvalue weighted by molar-refractivity contribution is -0.139. The van der Waals surface area contributed by atoms with Crippen molar-refractivity contribution in [2.24, 2.45) is 0 Å². The third-order valence-corrected chi connectivity index (χ3v) is 6.52. The summed E-state index contributed by atoms with van der Waals surface area (Å²) in [6, 6.07) is 9.24. The quantitative estimate of drug-likeness (QED) is 0.499. The summed E-state index contributed by atoms with van der Waals surface area (Å²) in [7, 11) is -4.15. The summed E-state index contributed by atoms with van der Waals surface area (Å²) in [5.74, 6) is -1.21. The third-order valence-electron chi connectivity index (χ3n) is 5.12. The third kappa shape index (κ3) is 8.14. The minimum atomic E-state index is -4.70. The largest absolute Gasteiger partial charge is 0.416 e. The van der Waals surface area contributed by atoms with Gasteiger partial charge in [-0.3, -0.25) is 13.9 Å². The van der Waals surface area contributed by atoms with E-state index in [9.17, 15) is 31.2 Å². The summed E-state index contributed by atoms with van der Waals surface area (Å²) in [6.45, 7) is 2.90. The van der Waals surface area contributed by atoms with Gasteiger partial charge in [0.15, 0.2) is 0 Å². The fourth-order valence-corrected chi connectivity index (χ4v) is 4.18. The first-order chi connectivity index (χ1) is 16.2. The Kier molecular flexibility index (Phi) is 9.56. The van der Waals surface area contributed by atoms with Gasteiger partial charge in [-0.2, -0.15) is 13.2 Å². The molecule has 2 amide bonds. The van der Waals surface area contributed by atoms with Crippen LogP contribution in [0.4, 0.5) is 18.9 Å². The van der Waals surface area contributed by atoms with Crippen LogP contribution >= 0.6 is 11.6 Å². The fraction of sp³-hybridized carbons (Fsp3) is 0.391. The fourth-order valence-electron chi connectivity index (χ4n) is 3.22. The molecular formula is C23H27ClF3N3O4S. The van der Waals surface area contributed by atoms with Gasteiger partial charge >= 0.3 is 6.18 Å². The Morgan fingerprint density at radius 2 is 1.74 bits per heavy atom. The van der Waals surface area contributed by atoms with E-state index < -0.39 is 46.2 Å². The summed E-state index contributed by atoms with van der Waals surface area (Å²) in [5, 5.41) is 3.16. The average Bonchev–Trinajstić information content (AvgIpc) is 2.78. The Morgan fingerprint density at radius 1 is 1.11 bits per heavy atom. The molecule has 0 heterocycles. The molecule has 0 aliphatic carbocycles. The second kappa shape index (κ2) is 11.8. The predicted molar refractivity (Wildman–Crippen MR) is 128 cm³/mol. The molecule has 0 radical (unpaired) electrons. The maximum atomic E-state index is 13.3. The van der Waals surface area contributed by atoms with Gasteiger partial charge in [0.05, 0.1) is 17.5 Å². The predicted octanol–water partition coefficient (Wildman–Crippen LogP) is 4.07. The lowest BCUT2D eigenvalue weighted by Gasteiger charge is -2.31. The number of nitrogens with one attached hydrogen (secondary N) is 1. The molecular weight excluding hydrogens is 507 g/mol. The van der Waals surface area contributed by atoms with Gasteiger partial charge in [-0.1, -0.05) is 36.7 Å². The summed E-state index contributed by atoms with van der Waals surface area (Å²) in [5.41, 5.74) is -0.741. The Labute approximate surface area is 207 Å². The van der Waals surface area contributed by atoms with E-state index in [0.29, 0.717) is 33.9 Å². The van der Waals surface area contributed by atoms with Crippen LogP contribution < -0.4 is 9.62 Å². The van der Waals surface area contributed by atoms with E-state index in [-0.39, 0.29) is 12.2 Å². The minimum absolute atomic E-state index is 0.0447. The highest BCUT2D eigenvalue weighted by Gasteiger charge is 2.33. The van der Waals surface area contributed by atoms with E-state index in [1.165, 1.54) is 17.9 Å². The number of hydrogen-bond acceptors (Lipinski definition) is 4. The summed E-state index contributed by atoms with van der Waals surface area (Å²) >= 11 is 5.91. The van der Waals surface area contributed by atoms with Crippen molar-refractivity contribution in [2.75, 3.05) is 23.7 Å². The molecule has 1 atom stereocenters. The molecule has 1 N–H and O–H groups in total. The number of halogens is 4. The van der Waals surface area contributed by atoms with Crippen molar-refractivity contribution in [2.45, 2.75) is 39.0 Å². The molecule has 0 aliphatic rings. The molecule has 2 aromatic rings.